The molecule has 1 aromatic carbocycles. The van der Waals surface area contributed by atoms with Gasteiger partial charge in [0, 0.05) is 11.8 Å². The number of hydrogen-bond donors (Lipinski definition) is 2. The number of amides is 2. The van der Waals surface area contributed by atoms with Gasteiger partial charge in [-0.05, 0) is 29.5 Å². The van der Waals surface area contributed by atoms with Crippen LogP contribution in [-0.4, -0.2) is 29.4 Å². The molecule has 2 N–H and O–H groups in total. The van der Waals surface area contributed by atoms with Gasteiger partial charge in [0.25, 0.3) is 0 Å². The van der Waals surface area contributed by atoms with Crippen molar-refractivity contribution < 1.29 is 14.3 Å². The van der Waals surface area contributed by atoms with Crippen LogP contribution in [0.15, 0.2) is 47.6 Å². The fourth-order valence-electron chi connectivity index (χ4n) is 3.04. The molecular formula is C23H28N4O3. The van der Waals surface area contributed by atoms with Crippen LogP contribution in [0.4, 0.5) is 4.79 Å². The summed E-state index contributed by atoms with van der Waals surface area (Å²) in [5, 5.41) is 5.67. The minimum Gasteiger partial charge on any atom is -0.449 e. The number of rotatable bonds is 5. The molecule has 3 rings (SSSR count). The number of ether oxygens (including phenoxy) is 1. The molecule has 0 aliphatic carbocycles. The summed E-state index contributed by atoms with van der Waals surface area (Å²) in [6.45, 7) is 8.67. The quantitative estimate of drug-likeness (QED) is 0.791. The number of nitrogens with one attached hydrogen (secondary N) is 2. The van der Waals surface area contributed by atoms with Crippen molar-refractivity contribution in [3.63, 3.8) is 0 Å². The summed E-state index contributed by atoms with van der Waals surface area (Å²) in [7, 11) is 0. The zero-order valence-electron chi connectivity index (χ0n) is 17.9. The highest BCUT2D eigenvalue weighted by Crippen LogP contribution is 2.19. The number of fused-ring (bicyclic) bond motifs is 1. The van der Waals surface area contributed by atoms with Gasteiger partial charge in [-0.25, -0.2) is 4.79 Å². The first-order valence-electron chi connectivity index (χ1n) is 10.0. The lowest BCUT2D eigenvalue weighted by Gasteiger charge is -2.18. The van der Waals surface area contributed by atoms with E-state index in [0.717, 1.165) is 16.7 Å². The van der Waals surface area contributed by atoms with Crippen molar-refractivity contribution in [2.75, 3.05) is 6.61 Å². The molecule has 0 saturated carbocycles. The first-order chi connectivity index (χ1) is 14.2. The van der Waals surface area contributed by atoms with E-state index in [4.69, 9.17) is 4.74 Å². The first kappa shape index (κ1) is 21.5. The van der Waals surface area contributed by atoms with Crippen molar-refractivity contribution in [2.45, 2.75) is 46.7 Å². The Hall–Kier alpha value is -3.22. The van der Waals surface area contributed by atoms with Gasteiger partial charge in [0.1, 0.15) is 5.84 Å². The van der Waals surface area contributed by atoms with E-state index in [0.29, 0.717) is 24.7 Å². The van der Waals surface area contributed by atoms with Crippen molar-refractivity contribution >= 4 is 17.8 Å². The molecule has 1 atom stereocenters. The van der Waals surface area contributed by atoms with E-state index in [1.54, 1.807) is 6.20 Å². The van der Waals surface area contributed by atoms with E-state index in [1.807, 2.05) is 64.1 Å². The molecule has 1 aliphatic heterocycles. The van der Waals surface area contributed by atoms with Gasteiger partial charge in [-0.2, -0.15) is 0 Å². The summed E-state index contributed by atoms with van der Waals surface area (Å²) in [5.41, 5.74) is 3.29. The molecule has 158 valence electrons. The van der Waals surface area contributed by atoms with Gasteiger partial charge in [-0.15, -0.1) is 0 Å². The summed E-state index contributed by atoms with van der Waals surface area (Å²) in [4.78, 5) is 33.1. The third-order valence-corrected chi connectivity index (χ3v) is 4.58. The molecule has 0 spiro atoms. The van der Waals surface area contributed by atoms with Gasteiger partial charge >= 0.3 is 6.09 Å². The van der Waals surface area contributed by atoms with Gasteiger partial charge < -0.3 is 10.1 Å². The molecule has 0 radical (unpaired) electrons. The van der Waals surface area contributed by atoms with Crippen molar-refractivity contribution in [1.82, 2.24) is 15.6 Å². The minimum atomic E-state index is -0.533. The minimum absolute atomic E-state index is 0.0774. The highest BCUT2D eigenvalue weighted by atomic mass is 16.5. The molecule has 2 aromatic rings. The Morgan fingerprint density at radius 3 is 2.63 bits per heavy atom. The third kappa shape index (κ3) is 5.89. The normalized spacial score (nSPS) is 13.8. The predicted molar refractivity (Wildman–Crippen MR) is 115 cm³/mol. The Bertz CT molecular complexity index is 949. The van der Waals surface area contributed by atoms with E-state index in [1.165, 1.54) is 0 Å². The predicted octanol–water partition coefficient (Wildman–Crippen LogP) is 3.53. The van der Waals surface area contributed by atoms with Gasteiger partial charge in [-0.1, -0.05) is 51.1 Å². The standard InChI is InChI=1S/C23H28N4O3/c1-15(16-8-6-5-7-9-16)26-20(28)11-18-10-17-12-25-21(19(17)13-24-18)27-22(29)30-14-23(2,3)4/h5-10,13,15H,11-12,14H2,1-4H3,(H,26,28)(H,25,27,29)/t15-/m1/s1. The molecule has 7 nitrogen and oxygen atoms in total. The lowest BCUT2D eigenvalue weighted by atomic mass is 9.99. The van der Waals surface area contributed by atoms with Crippen LogP contribution >= 0.6 is 0 Å². The fraction of sp³-hybridized carbons (Fsp3) is 0.391. The lowest BCUT2D eigenvalue weighted by molar-refractivity contribution is -0.121. The second-order valence-corrected chi connectivity index (χ2v) is 8.64. The molecule has 0 unspecified atom stereocenters. The summed E-state index contributed by atoms with van der Waals surface area (Å²) < 4.78 is 5.23. The Balaban J connectivity index is 1.56. The number of carbonyl (C=O) groups is 2. The zero-order valence-corrected chi connectivity index (χ0v) is 17.9. The number of aliphatic imine (C=N–C) groups is 1. The van der Waals surface area contributed by atoms with Crippen LogP contribution in [0, 0.1) is 5.41 Å². The van der Waals surface area contributed by atoms with E-state index in [-0.39, 0.29) is 23.8 Å². The molecule has 0 saturated heterocycles. The average Bonchev–Trinajstić information content (AvgIpc) is 3.08. The van der Waals surface area contributed by atoms with Crippen LogP contribution in [0.1, 0.15) is 56.1 Å². The molecule has 2 amide bonds. The monoisotopic (exact) mass is 408 g/mol. The van der Waals surface area contributed by atoms with Gasteiger partial charge in [-0.3, -0.25) is 20.1 Å². The Morgan fingerprint density at radius 1 is 1.20 bits per heavy atom. The Kier molecular flexibility index (Phi) is 6.50. The van der Waals surface area contributed by atoms with Gasteiger partial charge in [0.2, 0.25) is 5.91 Å². The Labute approximate surface area is 177 Å². The average molecular weight is 409 g/mol. The molecule has 2 heterocycles. The van der Waals surface area contributed by atoms with E-state index in [2.05, 4.69) is 20.6 Å². The SMILES string of the molecule is C[C@@H](NC(=O)Cc1cc2c(cn1)C(NC(=O)OCC(C)(C)C)=NC2)c1ccccc1. The molecular weight excluding hydrogens is 380 g/mol. The van der Waals surface area contributed by atoms with Crippen LogP contribution in [0.3, 0.4) is 0 Å². The molecule has 30 heavy (non-hydrogen) atoms. The zero-order chi connectivity index (χ0) is 21.7. The van der Waals surface area contributed by atoms with Crippen LogP contribution in [0.5, 0.6) is 0 Å². The maximum atomic E-state index is 12.4. The number of pyridine rings is 1. The molecule has 0 fully saturated rings. The summed E-state index contributed by atoms with van der Waals surface area (Å²) >= 11 is 0. The van der Waals surface area contributed by atoms with Crippen molar-refractivity contribution in [2.24, 2.45) is 10.4 Å². The largest absolute Gasteiger partial charge is 0.449 e. The smallest absolute Gasteiger partial charge is 0.412 e. The molecule has 0 bridgehead atoms. The van der Waals surface area contributed by atoms with Crippen LogP contribution < -0.4 is 10.6 Å². The second-order valence-electron chi connectivity index (χ2n) is 8.64. The highest BCUT2D eigenvalue weighted by Gasteiger charge is 2.21. The fourth-order valence-corrected chi connectivity index (χ4v) is 3.04. The Morgan fingerprint density at radius 2 is 1.93 bits per heavy atom. The van der Waals surface area contributed by atoms with Crippen LogP contribution in [0.2, 0.25) is 0 Å². The van der Waals surface area contributed by atoms with Crippen molar-refractivity contribution in [1.29, 1.82) is 0 Å². The highest BCUT2D eigenvalue weighted by molar-refractivity contribution is 6.08. The maximum Gasteiger partial charge on any atom is 0.412 e. The van der Waals surface area contributed by atoms with Crippen molar-refractivity contribution in [3.8, 4) is 0 Å². The summed E-state index contributed by atoms with van der Waals surface area (Å²) in [5.74, 6) is 0.354. The first-order valence-corrected chi connectivity index (χ1v) is 10.0. The number of alkyl carbamates (subject to hydrolysis) is 1. The lowest BCUT2D eigenvalue weighted by Crippen LogP contribution is -2.33. The van der Waals surface area contributed by atoms with Gasteiger partial charge in [0.05, 0.1) is 31.3 Å². The second kappa shape index (κ2) is 9.07. The summed E-state index contributed by atoms with van der Waals surface area (Å²) in [6.07, 6.45) is 1.30. The molecule has 7 heteroatoms. The van der Waals surface area contributed by atoms with Crippen LogP contribution in [0.25, 0.3) is 0 Å². The number of aromatic nitrogens is 1. The van der Waals surface area contributed by atoms with Crippen LogP contribution in [-0.2, 0) is 22.5 Å². The van der Waals surface area contributed by atoms with Crippen molar-refractivity contribution in [3.05, 3.63) is 65.0 Å². The van der Waals surface area contributed by atoms with E-state index in [9.17, 15) is 9.59 Å². The summed E-state index contributed by atoms with van der Waals surface area (Å²) in [6, 6.07) is 11.6. The number of hydrogen-bond acceptors (Lipinski definition) is 5. The molecule has 1 aliphatic rings. The number of amidine groups is 1. The number of carbonyl (C=O) groups excluding carboxylic acids is 2. The van der Waals surface area contributed by atoms with Gasteiger partial charge in [0.15, 0.2) is 0 Å². The maximum absolute atomic E-state index is 12.4. The van der Waals surface area contributed by atoms with E-state index >= 15 is 0 Å². The third-order valence-electron chi connectivity index (χ3n) is 4.58. The topological polar surface area (TPSA) is 92.7 Å². The number of nitrogens with zero attached hydrogens (tertiary/aromatic N) is 2. The number of benzene rings is 1. The van der Waals surface area contributed by atoms with E-state index < -0.39 is 6.09 Å². The molecule has 1 aromatic heterocycles.